The van der Waals surface area contributed by atoms with E-state index in [0.717, 1.165) is 18.5 Å². The van der Waals surface area contributed by atoms with Crippen molar-refractivity contribution in [2.45, 2.75) is 38.8 Å². The zero-order valence-corrected chi connectivity index (χ0v) is 11.7. The van der Waals surface area contributed by atoms with E-state index in [9.17, 15) is 0 Å². The summed E-state index contributed by atoms with van der Waals surface area (Å²) >= 11 is 0. The van der Waals surface area contributed by atoms with Gasteiger partial charge in [-0.1, -0.05) is 6.92 Å². The Morgan fingerprint density at radius 2 is 2.00 bits per heavy atom. The maximum Gasteiger partial charge on any atom is 0.0197 e. The predicted molar refractivity (Wildman–Crippen MR) is 70.8 cm³/mol. The maximum atomic E-state index is 3.32. The second kappa shape index (κ2) is 6.58. The lowest BCUT2D eigenvalue weighted by molar-refractivity contribution is 0.0296. The normalized spacial score (nSPS) is 27.2. The van der Waals surface area contributed by atoms with Gasteiger partial charge in [0.2, 0.25) is 0 Å². The third-order valence-corrected chi connectivity index (χ3v) is 3.83. The van der Waals surface area contributed by atoms with Crippen molar-refractivity contribution in [3.05, 3.63) is 0 Å². The van der Waals surface area contributed by atoms with Crippen LogP contribution in [0.4, 0.5) is 0 Å². The van der Waals surface area contributed by atoms with E-state index in [-0.39, 0.29) is 0 Å². The third kappa shape index (κ3) is 3.44. The quantitative estimate of drug-likeness (QED) is 0.706. The summed E-state index contributed by atoms with van der Waals surface area (Å²) in [6.07, 6.45) is 2.79. The van der Waals surface area contributed by atoms with Crippen LogP contribution in [0.1, 0.15) is 26.7 Å². The van der Waals surface area contributed by atoms with Crippen molar-refractivity contribution in [3.63, 3.8) is 0 Å². The van der Waals surface area contributed by atoms with Crippen LogP contribution in [0.3, 0.4) is 0 Å². The molecule has 3 heteroatoms. The highest BCUT2D eigenvalue weighted by molar-refractivity contribution is 4.91. The van der Waals surface area contributed by atoms with E-state index in [4.69, 9.17) is 0 Å². The molecule has 0 saturated heterocycles. The van der Waals surface area contributed by atoms with Crippen LogP contribution in [0.15, 0.2) is 0 Å². The number of hydrogen-bond acceptors (Lipinski definition) is 3. The first-order valence-corrected chi connectivity index (χ1v) is 6.65. The van der Waals surface area contributed by atoms with E-state index in [1.54, 1.807) is 0 Å². The summed E-state index contributed by atoms with van der Waals surface area (Å²) in [5.74, 6) is 0.870. The van der Waals surface area contributed by atoms with Crippen LogP contribution in [-0.4, -0.2) is 62.7 Å². The second-order valence-electron chi connectivity index (χ2n) is 5.40. The van der Waals surface area contributed by atoms with E-state index >= 15 is 0 Å². The van der Waals surface area contributed by atoms with Gasteiger partial charge in [0.1, 0.15) is 0 Å². The molecule has 1 saturated carbocycles. The minimum Gasteiger partial charge on any atom is -0.319 e. The average molecular weight is 227 g/mol. The molecule has 0 spiro atoms. The molecule has 0 radical (unpaired) electrons. The van der Waals surface area contributed by atoms with Gasteiger partial charge in [0.25, 0.3) is 0 Å². The van der Waals surface area contributed by atoms with Crippen molar-refractivity contribution in [1.29, 1.82) is 0 Å². The molecule has 0 aliphatic heterocycles. The van der Waals surface area contributed by atoms with Gasteiger partial charge in [0.15, 0.2) is 0 Å². The van der Waals surface area contributed by atoms with Crippen molar-refractivity contribution < 1.29 is 0 Å². The Kier molecular flexibility index (Phi) is 5.73. The number of hydrogen-bond donors (Lipinski definition) is 1. The molecule has 16 heavy (non-hydrogen) atoms. The monoisotopic (exact) mass is 227 g/mol. The largest absolute Gasteiger partial charge is 0.319 e. The van der Waals surface area contributed by atoms with Gasteiger partial charge in [0.05, 0.1) is 0 Å². The Morgan fingerprint density at radius 3 is 2.38 bits per heavy atom. The Morgan fingerprint density at radius 1 is 1.31 bits per heavy atom. The van der Waals surface area contributed by atoms with Gasteiger partial charge < -0.3 is 10.2 Å². The van der Waals surface area contributed by atoms with E-state index in [0.29, 0.717) is 6.04 Å². The molecule has 1 aliphatic rings. The summed E-state index contributed by atoms with van der Waals surface area (Å²) in [5, 5.41) is 3.32. The van der Waals surface area contributed by atoms with Crippen LogP contribution >= 0.6 is 0 Å². The topological polar surface area (TPSA) is 18.5 Å². The van der Waals surface area contributed by atoms with Crippen molar-refractivity contribution >= 4 is 0 Å². The summed E-state index contributed by atoms with van der Waals surface area (Å²) in [7, 11) is 6.39. The number of nitrogens with zero attached hydrogens (tertiary/aromatic N) is 2. The van der Waals surface area contributed by atoms with Crippen molar-refractivity contribution in [2.24, 2.45) is 5.92 Å². The highest BCUT2D eigenvalue weighted by atomic mass is 15.2. The maximum absolute atomic E-state index is 3.32. The van der Waals surface area contributed by atoms with E-state index in [2.05, 4.69) is 50.1 Å². The van der Waals surface area contributed by atoms with Crippen LogP contribution in [-0.2, 0) is 0 Å². The van der Waals surface area contributed by atoms with E-state index < -0.39 is 0 Å². The lowest BCUT2D eigenvalue weighted by Gasteiger charge is -2.47. The van der Waals surface area contributed by atoms with Crippen LogP contribution < -0.4 is 5.32 Å². The standard InChI is InChI=1S/C13H29N3/c1-6-16(11(2)10-15(4)5)13-8-7-12(13)9-14-3/h11-14H,6-10H2,1-5H3. The minimum atomic E-state index is 0.671. The van der Waals surface area contributed by atoms with E-state index in [1.807, 2.05) is 0 Å². The Balaban J connectivity index is 2.46. The molecule has 96 valence electrons. The molecule has 3 nitrogen and oxygen atoms in total. The van der Waals surface area contributed by atoms with Gasteiger partial charge >= 0.3 is 0 Å². The number of rotatable bonds is 7. The Bertz CT molecular complexity index is 194. The van der Waals surface area contributed by atoms with Crippen molar-refractivity contribution in [2.75, 3.05) is 40.8 Å². The smallest absolute Gasteiger partial charge is 0.0197 e. The highest BCUT2D eigenvalue weighted by Crippen LogP contribution is 2.32. The van der Waals surface area contributed by atoms with E-state index in [1.165, 1.54) is 25.9 Å². The van der Waals surface area contributed by atoms with Crippen molar-refractivity contribution in [1.82, 2.24) is 15.1 Å². The van der Waals surface area contributed by atoms with Crippen LogP contribution in [0.25, 0.3) is 0 Å². The number of likely N-dealkylation sites (N-methyl/N-ethyl adjacent to an activating group) is 2. The zero-order valence-electron chi connectivity index (χ0n) is 11.7. The molecule has 0 aromatic heterocycles. The fourth-order valence-electron chi connectivity index (χ4n) is 2.99. The van der Waals surface area contributed by atoms with Gasteiger partial charge in [-0.2, -0.15) is 0 Å². The Labute approximate surface area is 101 Å². The van der Waals surface area contributed by atoms with Gasteiger partial charge in [-0.15, -0.1) is 0 Å². The molecule has 1 fully saturated rings. The van der Waals surface area contributed by atoms with Crippen LogP contribution in [0.2, 0.25) is 0 Å². The summed E-state index contributed by atoms with van der Waals surface area (Å²) in [6, 6.07) is 1.48. The first kappa shape index (κ1) is 13.9. The summed E-state index contributed by atoms with van der Waals surface area (Å²) in [4.78, 5) is 4.98. The lowest BCUT2D eigenvalue weighted by Crippen LogP contribution is -2.55. The summed E-state index contributed by atoms with van der Waals surface area (Å²) < 4.78 is 0. The SMILES string of the molecule is CCN(C(C)CN(C)C)C1CCC1CNC. The molecule has 0 aromatic carbocycles. The number of nitrogens with one attached hydrogen (secondary N) is 1. The minimum absolute atomic E-state index is 0.671. The van der Waals surface area contributed by atoms with Gasteiger partial charge in [0, 0.05) is 18.6 Å². The van der Waals surface area contributed by atoms with Crippen LogP contribution in [0, 0.1) is 5.92 Å². The molecule has 1 aliphatic carbocycles. The molecular weight excluding hydrogens is 198 g/mol. The predicted octanol–water partition coefficient (Wildman–Crippen LogP) is 1.26. The highest BCUT2D eigenvalue weighted by Gasteiger charge is 2.36. The van der Waals surface area contributed by atoms with Gasteiger partial charge in [-0.3, -0.25) is 4.90 Å². The molecule has 3 unspecified atom stereocenters. The average Bonchev–Trinajstić information content (AvgIpc) is 2.19. The molecular formula is C13H29N3. The summed E-state index contributed by atoms with van der Waals surface area (Å²) in [6.45, 7) is 8.17. The second-order valence-corrected chi connectivity index (χ2v) is 5.40. The molecule has 1 rings (SSSR count). The fourth-order valence-corrected chi connectivity index (χ4v) is 2.99. The first-order valence-electron chi connectivity index (χ1n) is 6.65. The molecule has 3 atom stereocenters. The summed E-state index contributed by atoms with van der Waals surface area (Å²) in [5.41, 5.74) is 0. The van der Waals surface area contributed by atoms with Gasteiger partial charge in [-0.05, 0) is 59.9 Å². The molecule has 0 aromatic rings. The molecule has 0 bridgehead atoms. The third-order valence-electron chi connectivity index (χ3n) is 3.83. The Hall–Kier alpha value is -0.120. The van der Waals surface area contributed by atoms with Gasteiger partial charge in [-0.25, -0.2) is 0 Å². The molecule has 1 N–H and O–H groups in total. The first-order chi connectivity index (χ1) is 7.60. The molecule has 0 amide bonds. The fraction of sp³-hybridized carbons (Fsp3) is 1.00. The molecule has 0 heterocycles. The lowest BCUT2D eigenvalue weighted by atomic mass is 9.78. The van der Waals surface area contributed by atoms with Crippen molar-refractivity contribution in [3.8, 4) is 0 Å². The zero-order chi connectivity index (χ0) is 12.1. The van der Waals surface area contributed by atoms with Crippen LogP contribution in [0.5, 0.6) is 0 Å².